The highest BCUT2D eigenvalue weighted by molar-refractivity contribution is 4.84. The summed E-state index contributed by atoms with van der Waals surface area (Å²) in [7, 11) is 0. The second-order valence-electron chi connectivity index (χ2n) is 4.43. The topological polar surface area (TPSA) is 44.3 Å². The zero-order chi connectivity index (χ0) is 9.19. The van der Waals surface area contributed by atoms with Crippen molar-refractivity contribution in [1.82, 2.24) is 10.6 Å². The van der Waals surface area contributed by atoms with E-state index in [0.29, 0.717) is 12.1 Å². The van der Waals surface area contributed by atoms with Crippen molar-refractivity contribution in [3.63, 3.8) is 0 Å². The quantitative estimate of drug-likeness (QED) is 0.553. The van der Waals surface area contributed by atoms with Gasteiger partial charge in [-0.2, -0.15) is 0 Å². The van der Waals surface area contributed by atoms with Gasteiger partial charge in [-0.15, -0.1) is 0 Å². The maximum Gasteiger partial charge on any atom is 0.0607 e. The van der Waals surface area contributed by atoms with E-state index < -0.39 is 5.60 Å². The van der Waals surface area contributed by atoms with Gasteiger partial charge < -0.3 is 15.7 Å². The van der Waals surface area contributed by atoms with E-state index in [-0.39, 0.29) is 0 Å². The van der Waals surface area contributed by atoms with Crippen molar-refractivity contribution in [2.24, 2.45) is 0 Å². The molecular formula is C9H20N2O. The van der Waals surface area contributed by atoms with Crippen LogP contribution in [-0.2, 0) is 0 Å². The second kappa shape index (κ2) is 3.73. The number of hydrogen-bond donors (Lipinski definition) is 3. The largest absolute Gasteiger partial charge is 0.390 e. The fourth-order valence-electron chi connectivity index (χ4n) is 1.58. The van der Waals surface area contributed by atoms with Crippen LogP contribution in [-0.4, -0.2) is 35.9 Å². The third-order valence-electron chi connectivity index (χ3n) is 2.17. The van der Waals surface area contributed by atoms with Crippen LogP contribution in [0.5, 0.6) is 0 Å². The minimum atomic E-state index is -0.556. The van der Waals surface area contributed by atoms with Crippen molar-refractivity contribution in [2.45, 2.75) is 44.9 Å². The number of rotatable bonds is 2. The summed E-state index contributed by atoms with van der Waals surface area (Å²) < 4.78 is 0. The predicted molar refractivity (Wildman–Crippen MR) is 50.2 cm³/mol. The second-order valence-corrected chi connectivity index (χ2v) is 4.43. The normalized spacial score (nSPS) is 32.0. The molecule has 3 heteroatoms. The van der Waals surface area contributed by atoms with Crippen LogP contribution in [0.4, 0.5) is 0 Å². The van der Waals surface area contributed by atoms with Gasteiger partial charge in [-0.05, 0) is 27.2 Å². The van der Waals surface area contributed by atoms with E-state index in [2.05, 4.69) is 17.6 Å². The lowest BCUT2D eigenvalue weighted by Crippen LogP contribution is -2.54. The van der Waals surface area contributed by atoms with Crippen molar-refractivity contribution in [1.29, 1.82) is 0 Å². The number of nitrogens with one attached hydrogen (secondary N) is 2. The molecule has 0 spiro atoms. The molecule has 1 saturated heterocycles. The Hall–Kier alpha value is -0.120. The molecule has 1 rings (SSSR count). The molecule has 2 atom stereocenters. The van der Waals surface area contributed by atoms with Gasteiger partial charge in [-0.25, -0.2) is 0 Å². The van der Waals surface area contributed by atoms with Crippen LogP contribution in [0.15, 0.2) is 0 Å². The van der Waals surface area contributed by atoms with Crippen LogP contribution in [0.1, 0.15) is 27.2 Å². The van der Waals surface area contributed by atoms with Crippen LogP contribution < -0.4 is 10.6 Å². The predicted octanol–water partition coefficient (Wildman–Crippen LogP) is 0.0973. The highest BCUT2D eigenvalue weighted by atomic mass is 16.3. The van der Waals surface area contributed by atoms with E-state index in [0.717, 1.165) is 19.5 Å². The Morgan fingerprint density at radius 1 is 1.33 bits per heavy atom. The van der Waals surface area contributed by atoms with Gasteiger partial charge in [0.2, 0.25) is 0 Å². The van der Waals surface area contributed by atoms with Gasteiger partial charge in [0.25, 0.3) is 0 Å². The first-order valence-corrected chi connectivity index (χ1v) is 4.66. The molecule has 0 bridgehead atoms. The van der Waals surface area contributed by atoms with Crippen LogP contribution in [0.2, 0.25) is 0 Å². The molecule has 0 aliphatic carbocycles. The molecule has 0 radical (unpaired) electrons. The maximum absolute atomic E-state index is 9.57. The lowest BCUT2D eigenvalue weighted by atomic mass is 9.97. The molecular weight excluding hydrogens is 152 g/mol. The molecule has 72 valence electrons. The third kappa shape index (κ3) is 3.52. The Bertz CT molecular complexity index is 134. The van der Waals surface area contributed by atoms with E-state index in [1.807, 2.05) is 13.8 Å². The SMILES string of the molecule is CC1CNC(CC(C)(C)O)CN1. The van der Waals surface area contributed by atoms with Crippen molar-refractivity contribution in [3.05, 3.63) is 0 Å². The number of hydrogen-bond acceptors (Lipinski definition) is 3. The van der Waals surface area contributed by atoms with Gasteiger partial charge in [0.1, 0.15) is 0 Å². The Kier molecular flexibility index (Phi) is 3.09. The van der Waals surface area contributed by atoms with Crippen LogP contribution >= 0.6 is 0 Å². The average molecular weight is 172 g/mol. The zero-order valence-electron chi connectivity index (χ0n) is 8.22. The smallest absolute Gasteiger partial charge is 0.0607 e. The summed E-state index contributed by atoms with van der Waals surface area (Å²) in [4.78, 5) is 0. The third-order valence-corrected chi connectivity index (χ3v) is 2.17. The first-order chi connectivity index (χ1) is 5.47. The van der Waals surface area contributed by atoms with Gasteiger partial charge in [0.05, 0.1) is 5.60 Å². The Labute approximate surface area is 74.5 Å². The highest BCUT2D eigenvalue weighted by Crippen LogP contribution is 2.11. The summed E-state index contributed by atoms with van der Waals surface area (Å²) in [5, 5.41) is 16.4. The molecule has 1 heterocycles. The molecule has 12 heavy (non-hydrogen) atoms. The first-order valence-electron chi connectivity index (χ1n) is 4.66. The van der Waals surface area contributed by atoms with Crippen LogP contribution in [0.25, 0.3) is 0 Å². The molecule has 0 aromatic rings. The van der Waals surface area contributed by atoms with Gasteiger partial charge >= 0.3 is 0 Å². The summed E-state index contributed by atoms with van der Waals surface area (Å²) in [6, 6.07) is 0.976. The van der Waals surface area contributed by atoms with Crippen molar-refractivity contribution >= 4 is 0 Å². The molecule has 3 N–H and O–H groups in total. The lowest BCUT2D eigenvalue weighted by molar-refractivity contribution is 0.0559. The van der Waals surface area contributed by atoms with E-state index in [1.165, 1.54) is 0 Å². The summed E-state index contributed by atoms with van der Waals surface area (Å²) in [5.41, 5.74) is -0.556. The van der Waals surface area contributed by atoms with Gasteiger partial charge in [-0.3, -0.25) is 0 Å². The first kappa shape index (κ1) is 9.96. The molecule has 0 amide bonds. The monoisotopic (exact) mass is 172 g/mol. The molecule has 0 aromatic heterocycles. The van der Waals surface area contributed by atoms with E-state index in [4.69, 9.17) is 0 Å². The molecule has 0 aromatic carbocycles. The molecule has 1 fully saturated rings. The summed E-state index contributed by atoms with van der Waals surface area (Å²) >= 11 is 0. The Morgan fingerprint density at radius 2 is 2.00 bits per heavy atom. The zero-order valence-corrected chi connectivity index (χ0v) is 8.22. The summed E-state index contributed by atoms with van der Waals surface area (Å²) in [5.74, 6) is 0. The lowest BCUT2D eigenvalue weighted by Gasteiger charge is -2.32. The van der Waals surface area contributed by atoms with Gasteiger partial charge in [-0.1, -0.05) is 0 Å². The van der Waals surface area contributed by atoms with Crippen molar-refractivity contribution in [2.75, 3.05) is 13.1 Å². The minimum absolute atomic E-state index is 0.418. The van der Waals surface area contributed by atoms with E-state index in [9.17, 15) is 5.11 Å². The highest BCUT2D eigenvalue weighted by Gasteiger charge is 2.23. The summed E-state index contributed by atoms with van der Waals surface area (Å²) in [6.45, 7) is 7.83. The Morgan fingerprint density at radius 3 is 2.42 bits per heavy atom. The number of aliphatic hydroxyl groups is 1. The Balaban J connectivity index is 2.26. The van der Waals surface area contributed by atoms with Crippen LogP contribution in [0, 0.1) is 0 Å². The van der Waals surface area contributed by atoms with Gasteiger partial charge in [0, 0.05) is 25.2 Å². The fraction of sp³-hybridized carbons (Fsp3) is 1.00. The number of piperazine rings is 1. The summed E-state index contributed by atoms with van der Waals surface area (Å²) in [6.07, 6.45) is 0.812. The van der Waals surface area contributed by atoms with E-state index >= 15 is 0 Å². The molecule has 3 nitrogen and oxygen atoms in total. The molecule has 2 unspecified atom stereocenters. The van der Waals surface area contributed by atoms with E-state index in [1.54, 1.807) is 0 Å². The standard InChI is InChI=1S/C9H20N2O/c1-7-5-11-8(6-10-7)4-9(2,3)12/h7-8,10-12H,4-6H2,1-3H3. The fourth-order valence-corrected chi connectivity index (χ4v) is 1.58. The minimum Gasteiger partial charge on any atom is -0.390 e. The van der Waals surface area contributed by atoms with Crippen molar-refractivity contribution in [3.8, 4) is 0 Å². The maximum atomic E-state index is 9.57. The molecule has 1 aliphatic rings. The van der Waals surface area contributed by atoms with Crippen molar-refractivity contribution < 1.29 is 5.11 Å². The van der Waals surface area contributed by atoms with Crippen LogP contribution in [0.3, 0.4) is 0 Å². The average Bonchev–Trinajstić information content (AvgIpc) is 1.91. The molecule has 1 aliphatic heterocycles. The van der Waals surface area contributed by atoms with Gasteiger partial charge in [0.15, 0.2) is 0 Å². The molecule has 0 saturated carbocycles.